The van der Waals surface area contributed by atoms with Gasteiger partial charge in [-0.25, -0.2) is 4.98 Å². The van der Waals surface area contributed by atoms with Gasteiger partial charge in [0.05, 0.1) is 11.8 Å². The molecule has 2 aromatic heterocycles. The maximum atomic E-state index is 12.9. The minimum Gasteiger partial charge on any atom is -0.326 e. The summed E-state index contributed by atoms with van der Waals surface area (Å²) in [5.74, 6) is -0.582. The third-order valence-corrected chi connectivity index (χ3v) is 5.83. The number of nitrogens with one attached hydrogen (secondary N) is 2. The van der Waals surface area contributed by atoms with Gasteiger partial charge in [-0.1, -0.05) is 29.8 Å². The molecule has 2 aromatic carbocycles. The lowest BCUT2D eigenvalue weighted by Crippen LogP contribution is -2.27. The van der Waals surface area contributed by atoms with E-state index in [0.717, 1.165) is 10.4 Å². The van der Waals surface area contributed by atoms with Gasteiger partial charge in [-0.15, -0.1) is 11.3 Å². The first-order valence-electron chi connectivity index (χ1n) is 9.31. The average molecular weight is 453 g/mol. The van der Waals surface area contributed by atoms with E-state index >= 15 is 0 Å². The molecule has 7 nitrogen and oxygen atoms in total. The van der Waals surface area contributed by atoms with Gasteiger partial charge in [-0.2, -0.15) is 0 Å². The maximum Gasteiger partial charge on any atom is 0.271 e. The normalized spacial score (nSPS) is 10.8. The number of carbonyl (C=O) groups is 2. The van der Waals surface area contributed by atoms with Crippen LogP contribution in [0.25, 0.3) is 20.7 Å². The lowest BCUT2D eigenvalue weighted by molar-refractivity contribution is -0.117. The zero-order valence-corrected chi connectivity index (χ0v) is 18.0. The maximum absolute atomic E-state index is 12.9. The first kappa shape index (κ1) is 20.8. The number of rotatable bonds is 5. The van der Waals surface area contributed by atoms with Crippen LogP contribution in [0, 0.1) is 0 Å². The Bertz CT molecular complexity index is 1350. The Balaban J connectivity index is 1.54. The fraction of sp³-hybridized carbons (Fsp3) is 0.0909. The van der Waals surface area contributed by atoms with E-state index in [1.165, 1.54) is 29.2 Å². The van der Waals surface area contributed by atoms with Crippen LogP contribution in [0.15, 0.2) is 65.7 Å². The first-order chi connectivity index (χ1) is 14.9. The summed E-state index contributed by atoms with van der Waals surface area (Å²) >= 11 is 7.27. The van der Waals surface area contributed by atoms with Crippen molar-refractivity contribution in [2.45, 2.75) is 13.5 Å². The van der Waals surface area contributed by atoms with Crippen molar-refractivity contribution in [2.75, 3.05) is 10.6 Å². The number of nitrogens with zero attached hydrogens (tertiary/aromatic N) is 2. The van der Waals surface area contributed by atoms with Crippen molar-refractivity contribution in [1.29, 1.82) is 0 Å². The largest absolute Gasteiger partial charge is 0.326 e. The predicted octanol–water partition coefficient (Wildman–Crippen LogP) is 4.38. The molecule has 0 aliphatic heterocycles. The fourth-order valence-electron chi connectivity index (χ4n) is 3.05. The third-order valence-electron chi connectivity index (χ3n) is 4.41. The third kappa shape index (κ3) is 4.82. The highest BCUT2D eigenvalue weighted by Crippen LogP contribution is 2.31. The second-order valence-electron chi connectivity index (χ2n) is 6.82. The van der Waals surface area contributed by atoms with Gasteiger partial charge in [0.2, 0.25) is 11.8 Å². The van der Waals surface area contributed by atoms with Gasteiger partial charge in [0, 0.05) is 28.2 Å². The quantitative estimate of drug-likeness (QED) is 0.470. The molecule has 4 rings (SSSR count). The Kier molecular flexibility index (Phi) is 5.83. The number of carbonyl (C=O) groups excluding carboxylic acids is 2. The number of aromatic nitrogens is 2. The summed E-state index contributed by atoms with van der Waals surface area (Å²) in [4.78, 5) is 41.8. The summed E-state index contributed by atoms with van der Waals surface area (Å²) < 4.78 is 1.75. The summed E-state index contributed by atoms with van der Waals surface area (Å²) in [5, 5.41) is 6.02. The molecule has 2 heterocycles. The zero-order valence-electron chi connectivity index (χ0n) is 16.4. The lowest BCUT2D eigenvalue weighted by Gasteiger charge is -2.09. The van der Waals surface area contributed by atoms with Gasteiger partial charge in [0.1, 0.15) is 11.2 Å². The fourth-order valence-corrected chi connectivity index (χ4v) is 4.24. The number of thiophene rings is 1. The van der Waals surface area contributed by atoms with Crippen LogP contribution in [0.2, 0.25) is 5.02 Å². The summed E-state index contributed by atoms with van der Waals surface area (Å²) in [6.07, 6.45) is 1.37. The molecule has 0 aliphatic rings. The van der Waals surface area contributed by atoms with E-state index in [1.54, 1.807) is 36.4 Å². The number of fused-ring (bicyclic) bond motifs is 1. The molecule has 0 unspecified atom stereocenters. The summed E-state index contributed by atoms with van der Waals surface area (Å²) in [7, 11) is 0. The smallest absolute Gasteiger partial charge is 0.271 e. The number of anilines is 2. The summed E-state index contributed by atoms with van der Waals surface area (Å²) in [6, 6.07) is 16.0. The van der Waals surface area contributed by atoms with Crippen LogP contribution in [-0.2, 0) is 16.1 Å². The molecule has 31 heavy (non-hydrogen) atoms. The monoisotopic (exact) mass is 452 g/mol. The Labute approximate surface area is 186 Å². The van der Waals surface area contributed by atoms with E-state index in [2.05, 4.69) is 15.6 Å². The van der Waals surface area contributed by atoms with Gasteiger partial charge in [0.15, 0.2) is 0 Å². The van der Waals surface area contributed by atoms with Crippen molar-refractivity contribution < 1.29 is 9.59 Å². The van der Waals surface area contributed by atoms with Crippen molar-refractivity contribution in [3.05, 3.63) is 76.3 Å². The van der Waals surface area contributed by atoms with Crippen LogP contribution in [-0.4, -0.2) is 21.4 Å². The van der Waals surface area contributed by atoms with E-state index in [-0.39, 0.29) is 23.9 Å². The molecule has 9 heteroatoms. The Hall–Kier alpha value is -3.49. The van der Waals surface area contributed by atoms with E-state index in [4.69, 9.17) is 11.6 Å². The standard InChI is InChI=1S/C22H17ClN4O3S/c1-13(28)25-16-3-2-4-17(9-16)26-20(29)11-27-12-24-18-10-19(31-21(18)22(27)30)14-5-7-15(23)8-6-14/h2-10,12H,11H2,1H3,(H,25,28)(H,26,29). The number of hydrogen-bond acceptors (Lipinski definition) is 5. The van der Waals surface area contributed by atoms with Crippen LogP contribution in [0.1, 0.15) is 6.92 Å². The first-order valence-corrected chi connectivity index (χ1v) is 10.5. The average Bonchev–Trinajstić information content (AvgIpc) is 3.15. The Morgan fingerprint density at radius 1 is 1.06 bits per heavy atom. The minimum absolute atomic E-state index is 0.180. The minimum atomic E-state index is -0.377. The Morgan fingerprint density at radius 2 is 1.77 bits per heavy atom. The van der Waals surface area contributed by atoms with E-state index in [0.29, 0.717) is 26.6 Å². The molecule has 0 fully saturated rings. The highest BCUT2D eigenvalue weighted by molar-refractivity contribution is 7.22. The Morgan fingerprint density at radius 3 is 2.48 bits per heavy atom. The molecular weight excluding hydrogens is 436 g/mol. The molecule has 2 N–H and O–H groups in total. The van der Waals surface area contributed by atoms with Crippen LogP contribution in [0.4, 0.5) is 11.4 Å². The predicted molar refractivity (Wildman–Crippen MR) is 124 cm³/mol. The van der Waals surface area contributed by atoms with Crippen molar-refractivity contribution in [3.8, 4) is 10.4 Å². The molecule has 0 radical (unpaired) electrons. The molecular formula is C22H17ClN4O3S. The molecule has 0 atom stereocenters. The number of benzene rings is 2. The van der Waals surface area contributed by atoms with Crippen molar-refractivity contribution in [1.82, 2.24) is 9.55 Å². The molecule has 0 saturated heterocycles. The van der Waals surface area contributed by atoms with Gasteiger partial charge in [0.25, 0.3) is 5.56 Å². The molecule has 0 spiro atoms. The van der Waals surface area contributed by atoms with E-state index < -0.39 is 0 Å². The molecule has 0 bridgehead atoms. The van der Waals surface area contributed by atoms with Crippen LogP contribution >= 0.6 is 22.9 Å². The van der Waals surface area contributed by atoms with Crippen molar-refractivity contribution >= 4 is 56.3 Å². The summed E-state index contributed by atoms with van der Waals surface area (Å²) in [6.45, 7) is 1.23. The molecule has 2 amide bonds. The van der Waals surface area contributed by atoms with Gasteiger partial charge >= 0.3 is 0 Å². The SMILES string of the molecule is CC(=O)Nc1cccc(NC(=O)Cn2cnc3cc(-c4ccc(Cl)cc4)sc3c2=O)c1. The van der Waals surface area contributed by atoms with Crippen LogP contribution < -0.4 is 16.2 Å². The molecule has 156 valence electrons. The molecule has 4 aromatic rings. The van der Waals surface area contributed by atoms with Crippen molar-refractivity contribution in [2.24, 2.45) is 0 Å². The van der Waals surface area contributed by atoms with E-state index in [9.17, 15) is 14.4 Å². The second-order valence-corrected chi connectivity index (χ2v) is 8.31. The highest BCUT2D eigenvalue weighted by Gasteiger charge is 2.13. The lowest BCUT2D eigenvalue weighted by atomic mass is 10.2. The molecule has 0 aliphatic carbocycles. The van der Waals surface area contributed by atoms with E-state index in [1.807, 2.05) is 18.2 Å². The molecule has 0 saturated carbocycles. The second kappa shape index (κ2) is 8.71. The topological polar surface area (TPSA) is 93.1 Å². The van der Waals surface area contributed by atoms with Crippen LogP contribution in [0.3, 0.4) is 0 Å². The van der Waals surface area contributed by atoms with Gasteiger partial charge < -0.3 is 10.6 Å². The number of hydrogen-bond donors (Lipinski definition) is 2. The number of amides is 2. The van der Waals surface area contributed by atoms with Crippen LogP contribution in [0.5, 0.6) is 0 Å². The van der Waals surface area contributed by atoms with Crippen molar-refractivity contribution in [3.63, 3.8) is 0 Å². The summed E-state index contributed by atoms with van der Waals surface area (Å²) in [5.41, 5.74) is 2.32. The van der Waals surface area contributed by atoms with Gasteiger partial charge in [-0.05, 0) is 42.0 Å². The van der Waals surface area contributed by atoms with Gasteiger partial charge in [-0.3, -0.25) is 19.0 Å². The highest BCUT2D eigenvalue weighted by atomic mass is 35.5. The zero-order chi connectivity index (χ0) is 22.0. The number of halogens is 1.